The zero-order valence-corrected chi connectivity index (χ0v) is 12.8. The van der Waals surface area contributed by atoms with E-state index in [9.17, 15) is 4.79 Å². The highest BCUT2D eigenvalue weighted by Gasteiger charge is 2.29. The Labute approximate surface area is 121 Å². The van der Waals surface area contributed by atoms with Crippen LogP contribution in [0.15, 0.2) is 18.2 Å². The Balaban J connectivity index is 2.00. The van der Waals surface area contributed by atoms with Crippen LogP contribution in [0, 0.1) is 0 Å². The second-order valence-electron chi connectivity index (χ2n) is 5.59. The van der Waals surface area contributed by atoms with Crippen LogP contribution >= 0.6 is 0 Å². The van der Waals surface area contributed by atoms with Gasteiger partial charge in [-0.3, -0.25) is 4.79 Å². The van der Waals surface area contributed by atoms with Crippen LogP contribution < -0.4 is 10.2 Å². The van der Waals surface area contributed by atoms with E-state index in [0.717, 1.165) is 24.6 Å². The summed E-state index contributed by atoms with van der Waals surface area (Å²) >= 11 is 0. The molecule has 0 aromatic carbocycles. The minimum Gasteiger partial charge on any atom is -0.353 e. The average Bonchev–Trinajstić information content (AvgIpc) is 2.36. The van der Waals surface area contributed by atoms with Gasteiger partial charge >= 0.3 is 0 Å². The van der Waals surface area contributed by atoms with Crippen molar-refractivity contribution in [2.45, 2.75) is 32.4 Å². The first-order valence-electron chi connectivity index (χ1n) is 7.19. The predicted octanol–water partition coefficient (Wildman–Crippen LogP) is 1.42. The Morgan fingerprint density at radius 3 is 2.80 bits per heavy atom. The quantitative estimate of drug-likeness (QED) is 0.883. The molecule has 0 radical (unpaired) electrons. The summed E-state index contributed by atoms with van der Waals surface area (Å²) in [6.45, 7) is 5.85. The summed E-state index contributed by atoms with van der Waals surface area (Å²) in [5.74, 6) is 1.06. The summed E-state index contributed by atoms with van der Waals surface area (Å²) in [4.78, 5) is 20.6. The van der Waals surface area contributed by atoms with Gasteiger partial charge in [0.15, 0.2) is 0 Å². The van der Waals surface area contributed by atoms with Gasteiger partial charge in [-0.25, -0.2) is 4.98 Å². The first kappa shape index (κ1) is 14.8. The Bertz CT molecular complexity index is 469. The van der Waals surface area contributed by atoms with Gasteiger partial charge in [0.1, 0.15) is 5.82 Å². The molecule has 5 nitrogen and oxygen atoms in total. The zero-order chi connectivity index (χ0) is 14.7. The smallest absolute Gasteiger partial charge is 0.220 e. The number of aromatic nitrogens is 1. The third-order valence-electron chi connectivity index (χ3n) is 3.81. The molecule has 110 valence electrons. The highest BCUT2D eigenvalue weighted by atomic mass is 16.1. The fourth-order valence-electron chi connectivity index (χ4n) is 2.24. The van der Waals surface area contributed by atoms with Crippen LogP contribution in [-0.2, 0) is 4.79 Å². The fraction of sp³-hybridized carbons (Fsp3) is 0.600. The van der Waals surface area contributed by atoms with Crippen LogP contribution in [0.2, 0.25) is 0 Å². The van der Waals surface area contributed by atoms with Gasteiger partial charge in [-0.15, -0.1) is 0 Å². The molecular weight excluding hydrogens is 252 g/mol. The van der Waals surface area contributed by atoms with Crippen molar-refractivity contribution in [1.82, 2.24) is 15.2 Å². The molecule has 5 heteroatoms. The van der Waals surface area contributed by atoms with Gasteiger partial charge in [-0.1, -0.05) is 13.0 Å². The fourth-order valence-corrected chi connectivity index (χ4v) is 2.24. The number of amides is 1. The third kappa shape index (κ3) is 3.28. The van der Waals surface area contributed by atoms with Gasteiger partial charge in [0.05, 0.1) is 11.7 Å². The lowest BCUT2D eigenvalue weighted by molar-refractivity contribution is -0.121. The Morgan fingerprint density at radius 2 is 2.20 bits per heavy atom. The van der Waals surface area contributed by atoms with Crippen molar-refractivity contribution in [3.05, 3.63) is 23.9 Å². The number of anilines is 1. The Kier molecular flexibility index (Phi) is 4.60. The molecule has 1 atom stereocenters. The summed E-state index contributed by atoms with van der Waals surface area (Å²) in [6.07, 6.45) is 0.501. The second-order valence-corrected chi connectivity index (χ2v) is 5.59. The number of hydrogen-bond donors (Lipinski definition) is 1. The minimum absolute atomic E-state index is 0.0478. The molecule has 0 saturated carbocycles. The van der Waals surface area contributed by atoms with Gasteiger partial charge in [-0.05, 0) is 33.2 Å². The van der Waals surface area contributed by atoms with Gasteiger partial charge in [0.2, 0.25) is 5.91 Å². The van der Waals surface area contributed by atoms with E-state index in [-0.39, 0.29) is 11.9 Å². The van der Waals surface area contributed by atoms with Crippen LogP contribution in [-0.4, -0.2) is 49.0 Å². The van der Waals surface area contributed by atoms with Crippen molar-refractivity contribution < 1.29 is 4.79 Å². The molecular formula is C15H24N4O. The predicted molar refractivity (Wildman–Crippen MR) is 80.8 cm³/mol. The van der Waals surface area contributed by atoms with Crippen LogP contribution in [0.1, 0.15) is 32.0 Å². The average molecular weight is 276 g/mol. The molecule has 1 aromatic rings. The normalized spacial score (nSPS) is 16.9. The Morgan fingerprint density at radius 1 is 1.50 bits per heavy atom. The monoisotopic (exact) mass is 276 g/mol. The minimum atomic E-state index is -0.0478. The maximum Gasteiger partial charge on any atom is 0.220 e. The topological polar surface area (TPSA) is 48.5 Å². The summed E-state index contributed by atoms with van der Waals surface area (Å²) in [5, 5.41) is 2.95. The molecule has 1 fully saturated rings. The summed E-state index contributed by atoms with van der Waals surface area (Å²) in [7, 11) is 4.21. The molecule has 1 aliphatic rings. The maximum atomic E-state index is 11.4. The number of pyridine rings is 1. The SMILES string of the molecule is CCC(=O)N[C@H](C)c1cccc(N2CC(N(C)C)C2)n1. The van der Waals surface area contributed by atoms with Gasteiger partial charge in [-0.2, -0.15) is 0 Å². The van der Waals surface area contributed by atoms with Gasteiger partial charge < -0.3 is 15.1 Å². The molecule has 1 N–H and O–H groups in total. The van der Waals surface area contributed by atoms with Gasteiger partial charge in [0.25, 0.3) is 0 Å². The molecule has 1 aromatic heterocycles. The van der Waals surface area contributed by atoms with E-state index in [1.165, 1.54) is 0 Å². The molecule has 2 rings (SSSR count). The van der Waals surface area contributed by atoms with E-state index in [2.05, 4.69) is 34.2 Å². The second kappa shape index (κ2) is 6.22. The highest BCUT2D eigenvalue weighted by Crippen LogP contribution is 2.22. The lowest BCUT2D eigenvalue weighted by Crippen LogP contribution is -2.57. The number of carbonyl (C=O) groups excluding carboxylic acids is 1. The van der Waals surface area contributed by atoms with Gasteiger partial charge in [0, 0.05) is 25.6 Å². The largest absolute Gasteiger partial charge is 0.353 e. The standard InChI is InChI=1S/C15H24N4O/c1-5-15(20)16-11(2)13-7-6-8-14(17-13)19-9-12(10-19)18(3)4/h6-8,11-12H,5,9-10H2,1-4H3,(H,16,20)/t11-/m1/s1. The van der Waals surface area contributed by atoms with Crippen molar-refractivity contribution in [1.29, 1.82) is 0 Å². The van der Waals surface area contributed by atoms with Crippen molar-refractivity contribution in [2.75, 3.05) is 32.1 Å². The van der Waals surface area contributed by atoms with Crippen LogP contribution in [0.3, 0.4) is 0 Å². The highest BCUT2D eigenvalue weighted by molar-refractivity contribution is 5.75. The van der Waals surface area contributed by atoms with E-state index in [1.54, 1.807) is 0 Å². The van der Waals surface area contributed by atoms with E-state index < -0.39 is 0 Å². The van der Waals surface area contributed by atoms with Crippen molar-refractivity contribution in [2.24, 2.45) is 0 Å². The maximum absolute atomic E-state index is 11.4. The molecule has 0 aliphatic carbocycles. The molecule has 20 heavy (non-hydrogen) atoms. The van der Waals surface area contributed by atoms with Crippen molar-refractivity contribution in [3.8, 4) is 0 Å². The lowest BCUT2D eigenvalue weighted by atomic mass is 10.1. The number of nitrogens with zero attached hydrogens (tertiary/aromatic N) is 3. The van der Waals surface area contributed by atoms with E-state index in [1.807, 2.05) is 32.0 Å². The third-order valence-corrected chi connectivity index (χ3v) is 3.81. The Hall–Kier alpha value is -1.62. The molecule has 0 bridgehead atoms. The molecule has 1 amide bonds. The molecule has 2 heterocycles. The number of nitrogens with one attached hydrogen (secondary N) is 1. The van der Waals surface area contributed by atoms with Crippen LogP contribution in [0.25, 0.3) is 0 Å². The number of likely N-dealkylation sites (N-methyl/N-ethyl adjacent to an activating group) is 1. The summed E-state index contributed by atoms with van der Waals surface area (Å²) in [5.41, 5.74) is 0.914. The summed E-state index contributed by atoms with van der Waals surface area (Å²) < 4.78 is 0. The molecule has 1 saturated heterocycles. The van der Waals surface area contributed by atoms with E-state index >= 15 is 0 Å². The number of rotatable bonds is 5. The molecule has 1 aliphatic heterocycles. The van der Waals surface area contributed by atoms with Crippen molar-refractivity contribution >= 4 is 11.7 Å². The first-order chi connectivity index (χ1) is 9.51. The summed E-state index contributed by atoms with van der Waals surface area (Å²) in [6, 6.07) is 6.57. The number of carbonyl (C=O) groups is 1. The van der Waals surface area contributed by atoms with E-state index in [4.69, 9.17) is 0 Å². The zero-order valence-electron chi connectivity index (χ0n) is 12.8. The lowest BCUT2D eigenvalue weighted by Gasteiger charge is -2.43. The van der Waals surface area contributed by atoms with E-state index in [0.29, 0.717) is 12.5 Å². The van der Waals surface area contributed by atoms with Crippen LogP contribution in [0.4, 0.5) is 5.82 Å². The van der Waals surface area contributed by atoms with Crippen LogP contribution in [0.5, 0.6) is 0 Å². The van der Waals surface area contributed by atoms with Crippen molar-refractivity contribution in [3.63, 3.8) is 0 Å². The number of hydrogen-bond acceptors (Lipinski definition) is 4. The molecule has 0 spiro atoms. The molecule has 0 unspecified atom stereocenters. The first-order valence-corrected chi connectivity index (χ1v) is 7.19.